The van der Waals surface area contributed by atoms with Crippen LogP contribution in [-0.4, -0.2) is 11.9 Å². The average Bonchev–Trinajstić information content (AvgIpc) is 2.35. The van der Waals surface area contributed by atoms with Gasteiger partial charge in [0.1, 0.15) is 0 Å². The third kappa shape index (κ3) is 3.38. The van der Waals surface area contributed by atoms with E-state index < -0.39 is 11.9 Å². The molecule has 0 bridgehead atoms. The first kappa shape index (κ1) is 12.2. The number of carbonyl (C=O) groups is 2. The molecular formula is C12H15NO3. The van der Waals surface area contributed by atoms with Crippen LogP contribution in [0.25, 0.3) is 0 Å². The zero-order valence-electron chi connectivity index (χ0n) is 9.40. The van der Waals surface area contributed by atoms with Crippen LogP contribution in [0.4, 0.5) is 0 Å². The lowest BCUT2D eigenvalue weighted by Gasteiger charge is -2.08. The Kier molecular flexibility index (Phi) is 4.51. The van der Waals surface area contributed by atoms with Gasteiger partial charge >= 0.3 is 5.97 Å². The van der Waals surface area contributed by atoms with Gasteiger partial charge in [-0.25, -0.2) is 4.79 Å². The molecule has 4 nitrogen and oxygen atoms in total. The molecule has 0 radical (unpaired) electrons. The highest BCUT2D eigenvalue weighted by Crippen LogP contribution is 2.03. The number of amides is 1. The van der Waals surface area contributed by atoms with Crippen LogP contribution >= 0.6 is 0 Å². The van der Waals surface area contributed by atoms with E-state index in [1.54, 1.807) is 31.2 Å². The molecule has 1 aromatic carbocycles. The fraction of sp³-hybridized carbons (Fsp3) is 0.333. The zero-order valence-corrected chi connectivity index (χ0v) is 9.40. The van der Waals surface area contributed by atoms with Crippen molar-refractivity contribution in [2.45, 2.75) is 20.3 Å². The van der Waals surface area contributed by atoms with Crippen molar-refractivity contribution in [1.29, 1.82) is 0 Å². The number of hydroxylamine groups is 1. The van der Waals surface area contributed by atoms with Crippen LogP contribution in [0.3, 0.4) is 0 Å². The van der Waals surface area contributed by atoms with Crippen LogP contribution in [-0.2, 0) is 9.63 Å². The molecule has 1 atom stereocenters. The second kappa shape index (κ2) is 5.90. The average molecular weight is 221 g/mol. The summed E-state index contributed by atoms with van der Waals surface area (Å²) in [5, 5.41) is 0. The Bertz CT molecular complexity index is 362. The molecule has 4 heteroatoms. The summed E-state index contributed by atoms with van der Waals surface area (Å²) < 4.78 is 0. The van der Waals surface area contributed by atoms with Gasteiger partial charge in [-0.3, -0.25) is 4.79 Å². The van der Waals surface area contributed by atoms with E-state index in [9.17, 15) is 9.59 Å². The summed E-state index contributed by atoms with van der Waals surface area (Å²) in [6, 6.07) is 8.58. The van der Waals surface area contributed by atoms with Gasteiger partial charge in [0, 0.05) is 5.56 Å². The Balaban J connectivity index is 2.45. The van der Waals surface area contributed by atoms with Crippen molar-refractivity contribution < 1.29 is 14.4 Å². The molecule has 0 saturated carbocycles. The summed E-state index contributed by atoms with van der Waals surface area (Å²) in [6.45, 7) is 3.63. The van der Waals surface area contributed by atoms with E-state index in [1.807, 2.05) is 13.0 Å². The van der Waals surface area contributed by atoms with Gasteiger partial charge in [-0.15, -0.1) is 0 Å². The largest absolute Gasteiger partial charge is 0.340 e. The Morgan fingerprint density at radius 3 is 2.50 bits per heavy atom. The van der Waals surface area contributed by atoms with Gasteiger partial charge in [0.15, 0.2) is 0 Å². The fourth-order valence-electron chi connectivity index (χ4n) is 1.01. The van der Waals surface area contributed by atoms with Crippen LogP contribution in [0.2, 0.25) is 0 Å². The first-order chi connectivity index (χ1) is 7.65. The number of hydrogen-bond donors (Lipinski definition) is 1. The van der Waals surface area contributed by atoms with Crippen molar-refractivity contribution in [3.63, 3.8) is 0 Å². The van der Waals surface area contributed by atoms with Crippen molar-refractivity contribution in [2.75, 3.05) is 0 Å². The highest BCUT2D eigenvalue weighted by molar-refractivity contribution is 5.94. The van der Waals surface area contributed by atoms with Gasteiger partial charge < -0.3 is 4.84 Å². The minimum Gasteiger partial charge on any atom is -0.340 e. The predicted molar refractivity (Wildman–Crippen MR) is 59.5 cm³/mol. The van der Waals surface area contributed by atoms with Crippen molar-refractivity contribution >= 4 is 11.9 Å². The van der Waals surface area contributed by atoms with Crippen molar-refractivity contribution in [1.82, 2.24) is 5.48 Å². The minimum atomic E-state index is -0.424. The zero-order chi connectivity index (χ0) is 12.0. The van der Waals surface area contributed by atoms with E-state index in [0.29, 0.717) is 12.0 Å². The summed E-state index contributed by atoms with van der Waals surface area (Å²) in [4.78, 5) is 27.4. The lowest BCUT2D eigenvalue weighted by atomic mass is 10.1. The highest BCUT2D eigenvalue weighted by atomic mass is 16.7. The molecule has 0 aliphatic rings. The third-order valence-electron chi connectivity index (χ3n) is 2.30. The maximum atomic E-state index is 11.5. The van der Waals surface area contributed by atoms with Gasteiger partial charge in [-0.2, -0.15) is 5.48 Å². The number of nitrogens with one attached hydrogen (secondary N) is 1. The van der Waals surface area contributed by atoms with E-state index in [-0.39, 0.29) is 5.92 Å². The van der Waals surface area contributed by atoms with Gasteiger partial charge in [0.25, 0.3) is 5.91 Å². The second-order valence-corrected chi connectivity index (χ2v) is 3.53. The van der Waals surface area contributed by atoms with E-state index in [1.165, 1.54) is 0 Å². The van der Waals surface area contributed by atoms with Crippen LogP contribution in [0.5, 0.6) is 0 Å². The predicted octanol–water partition coefficient (Wildman–Crippen LogP) is 1.92. The van der Waals surface area contributed by atoms with E-state index in [0.717, 1.165) is 0 Å². The van der Waals surface area contributed by atoms with E-state index in [4.69, 9.17) is 0 Å². The Morgan fingerprint density at radius 2 is 1.94 bits per heavy atom. The van der Waals surface area contributed by atoms with Crippen molar-refractivity contribution in [3.8, 4) is 0 Å². The van der Waals surface area contributed by atoms with Crippen molar-refractivity contribution in [2.24, 2.45) is 5.92 Å². The van der Waals surface area contributed by atoms with Crippen LogP contribution < -0.4 is 5.48 Å². The van der Waals surface area contributed by atoms with Crippen molar-refractivity contribution in [3.05, 3.63) is 35.9 Å². The topological polar surface area (TPSA) is 55.4 Å². The molecule has 0 fully saturated rings. The highest BCUT2D eigenvalue weighted by Gasteiger charge is 2.14. The molecule has 16 heavy (non-hydrogen) atoms. The van der Waals surface area contributed by atoms with Crippen LogP contribution in [0.1, 0.15) is 30.6 Å². The molecule has 0 aliphatic carbocycles. The normalized spacial score (nSPS) is 11.6. The molecule has 86 valence electrons. The number of benzene rings is 1. The smallest absolute Gasteiger partial charge is 0.335 e. The van der Waals surface area contributed by atoms with Gasteiger partial charge in [0.2, 0.25) is 0 Å². The fourth-order valence-corrected chi connectivity index (χ4v) is 1.01. The first-order valence-corrected chi connectivity index (χ1v) is 5.21. The number of rotatable bonds is 3. The van der Waals surface area contributed by atoms with Gasteiger partial charge in [0.05, 0.1) is 5.92 Å². The van der Waals surface area contributed by atoms with E-state index >= 15 is 0 Å². The summed E-state index contributed by atoms with van der Waals surface area (Å²) in [6.07, 6.45) is 0.681. The molecular weight excluding hydrogens is 206 g/mol. The molecule has 0 aliphatic heterocycles. The molecule has 0 spiro atoms. The lowest BCUT2D eigenvalue weighted by Crippen LogP contribution is -2.29. The SMILES string of the molecule is CCC(C)C(=O)ONC(=O)c1ccccc1. The molecule has 0 aromatic heterocycles. The molecule has 0 saturated heterocycles. The Labute approximate surface area is 94.6 Å². The maximum absolute atomic E-state index is 11.5. The number of hydrogen-bond acceptors (Lipinski definition) is 3. The summed E-state index contributed by atoms with van der Waals surface area (Å²) in [5.74, 6) is -1.06. The third-order valence-corrected chi connectivity index (χ3v) is 2.30. The maximum Gasteiger partial charge on any atom is 0.335 e. The Hall–Kier alpha value is -1.84. The quantitative estimate of drug-likeness (QED) is 0.793. The molecule has 1 N–H and O–H groups in total. The molecule has 1 amide bonds. The van der Waals surface area contributed by atoms with Gasteiger partial charge in [-0.1, -0.05) is 32.0 Å². The Morgan fingerprint density at radius 1 is 1.31 bits per heavy atom. The van der Waals surface area contributed by atoms with E-state index in [2.05, 4.69) is 10.3 Å². The first-order valence-electron chi connectivity index (χ1n) is 5.21. The summed E-state index contributed by atoms with van der Waals surface area (Å²) in [7, 11) is 0. The molecule has 1 rings (SSSR count). The number of carbonyl (C=O) groups excluding carboxylic acids is 2. The summed E-state index contributed by atoms with van der Waals surface area (Å²) in [5.41, 5.74) is 2.58. The second-order valence-electron chi connectivity index (χ2n) is 3.53. The van der Waals surface area contributed by atoms with Gasteiger partial charge in [-0.05, 0) is 18.6 Å². The monoisotopic (exact) mass is 221 g/mol. The van der Waals surface area contributed by atoms with Crippen LogP contribution in [0.15, 0.2) is 30.3 Å². The molecule has 1 aromatic rings. The minimum absolute atomic E-state index is 0.212. The van der Waals surface area contributed by atoms with Crippen LogP contribution in [0, 0.1) is 5.92 Å². The lowest BCUT2D eigenvalue weighted by molar-refractivity contribution is -0.153. The standard InChI is InChI=1S/C12H15NO3/c1-3-9(2)12(15)16-13-11(14)10-7-5-4-6-8-10/h4-9H,3H2,1-2H3,(H,13,14). The molecule has 1 unspecified atom stereocenters. The molecule has 0 heterocycles. The summed E-state index contributed by atoms with van der Waals surface area (Å²) >= 11 is 0.